The Hall–Kier alpha value is -8.15. The number of benzene rings is 9. The summed E-state index contributed by atoms with van der Waals surface area (Å²) in [5.74, 6) is 1.92. The van der Waals surface area contributed by atoms with Crippen molar-refractivity contribution in [2.45, 2.75) is 0 Å². The maximum Gasteiger partial charge on any atom is 0.164 e. The lowest BCUT2D eigenvalue weighted by atomic mass is 9.96. The largest absolute Gasteiger partial charge is 0.309 e. The van der Waals surface area contributed by atoms with Crippen LogP contribution in [-0.4, -0.2) is 24.1 Å². The molecule has 0 unspecified atom stereocenters. The Labute approximate surface area is 346 Å². The first-order chi connectivity index (χ1) is 29.8. The van der Waals surface area contributed by atoms with Gasteiger partial charge in [-0.05, 0) is 77.0 Å². The second kappa shape index (κ2) is 13.8. The van der Waals surface area contributed by atoms with Crippen molar-refractivity contribution in [3.8, 4) is 56.7 Å². The molecule has 3 aromatic heterocycles. The van der Waals surface area contributed by atoms with E-state index >= 15 is 0 Å². The van der Waals surface area contributed by atoms with Crippen LogP contribution in [0.2, 0.25) is 0 Å². The lowest BCUT2D eigenvalue weighted by molar-refractivity contribution is 1.07. The lowest BCUT2D eigenvalue weighted by Crippen LogP contribution is -2.00. The van der Waals surface area contributed by atoms with E-state index in [1.165, 1.54) is 49.0 Å². The van der Waals surface area contributed by atoms with Crippen LogP contribution in [0.5, 0.6) is 0 Å². The van der Waals surface area contributed by atoms with Gasteiger partial charge >= 0.3 is 0 Å². The zero-order chi connectivity index (χ0) is 39.6. The molecule has 9 aromatic carbocycles. The molecule has 0 amide bonds. The number of fused-ring (bicyclic) bond motifs is 8. The van der Waals surface area contributed by atoms with Gasteiger partial charge < -0.3 is 9.13 Å². The standard InChI is InChI=1S/C55H35N5/c1-5-17-36(18-6-1)45-33-40-23-13-14-26-43(40)51-47-34-46-44-27-15-16-28-48(44)59(49(46)35-50(47)60(52(45)51)41-24-11-4-12-25-41)42-31-29-39(30-32-42)55-57-53(37-19-7-2-8-20-37)56-54(58-55)38-21-9-3-10-22-38/h1-35H. The van der Waals surface area contributed by atoms with Crippen LogP contribution in [0.15, 0.2) is 212 Å². The highest BCUT2D eigenvalue weighted by atomic mass is 15.0. The van der Waals surface area contributed by atoms with Gasteiger partial charge in [-0.15, -0.1) is 0 Å². The Bertz CT molecular complexity index is 3500. The third-order valence-corrected chi connectivity index (χ3v) is 11.7. The van der Waals surface area contributed by atoms with Crippen molar-refractivity contribution in [2.24, 2.45) is 0 Å². The minimum Gasteiger partial charge on any atom is -0.309 e. The summed E-state index contributed by atoms with van der Waals surface area (Å²) in [6, 6.07) is 75.2. The fourth-order valence-electron chi connectivity index (χ4n) is 9.01. The number of nitrogens with zero attached hydrogens (tertiary/aromatic N) is 5. The SMILES string of the molecule is c1ccc(-c2nc(-c3ccccc3)nc(-c3ccc(-n4c5ccccc5c5cc6c7c8ccccc8cc(-c8ccccc8)c7n(-c7ccccc7)c6cc54)cc3)n2)cc1. The fraction of sp³-hybridized carbons (Fsp3) is 0. The Kier molecular flexibility index (Phi) is 7.78. The molecule has 0 N–H and O–H groups in total. The summed E-state index contributed by atoms with van der Waals surface area (Å²) in [6.45, 7) is 0. The van der Waals surface area contributed by atoms with Crippen molar-refractivity contribution in [3.63, 3.8) is 0 Å². The summed E-state index contributed by atoms with van der Waals surface area (Å²) in [7, 11) is 0. The first kappa shape index (κ1) is 33.9. The summed E-state index contributed by atoms with van der Waals surface area (Å²) in [6.07, 6.45) is 0. The van der Waals surface area contributed by atoms with Crippen LogP contribution in [0.25, 0.3) is 111 Å². The van der Waals surface area contributed by atoms with E-state index in [4.69, 9.17) is 15.0 Å². The molecule has 0 saturated carbocycles. The van der Waals surface area contributed by atoms with E-state index in [0.29, 0.717) is 17.5 Å². The molecule has 0 aliphatic heterocycles. The predicted octanol–water partition coefficient (Wildman–Crippen LogP) is 13.9. The lowest BCUT2D eigenvalue weighted by Gasteiger charge is -2.13. The molecule has 280 valence electrons. The molecular formula is C55H35N5. The minimum absolute atomic E-state index is 0.631. The second-order valence-electron chi connectivity index (χ2n) is 15.2. The van der Waals surface area contributed by atoms with E-state index in [1.807, 2.05) is 60.7 Å². The van der Waals surface area contributed by atoms with Gasteiger partial charge in [-0.1, -0.05) is 152 Å². The Morgan fingerprint density at radius 3 is 1.42 bits per heavy atom. The first-order valence-corrected chi connectivity index (χ1v) is 20.3. The number of rotatable bonds is 6. The van der Waals surface area contributed by atoms with Crippen molar-refractivity contribution in [3.05, 3.63) is 212 Å². The summed E-state index contributed by atoms with van der Waals surface area (Å²) in [4.78, 5) is 14.9. The normalized spacial score (nSPS) is 11.7. The van der Waals surface area contributed by atoms with E-state index in [0.717, 1.165) is 44.6 Å². The van der Waals surface area contributed by atoms with Gasteiger partial charge in [0.05, 0.1) is 22.1 Å². The number of hydrogen-bond acceptors (Lipinski definition) is 3. The molecule has 5 heteroatoms. The highest BCUT2D eigenvalue weighted by Crippen LogP contribution is 2.45. The second-order valence-corrected chi connectivity index (χ2v) is 15.2. The van der Waals surface area contributed by atoms with Crippen molar-refractivity contribution in [1.29, 1.82) is 0 Å². The number of aromatic nitrogens is 5. The first-order valence-electron chi connectivity index (χ1n) is 20.3. The van der Waals surface area contributed by atoms with Gasteiger partial charge in [0.15, 0.2) is 17.5 Å². The zero-order valence-electron chi connectivity index (χ0n) is 32.4. The maximum absolute atomic E-state index is 5.00. The average Bonchev–Trinajstić information content (AvgIpc) is 3.84. The molecule has 0 radical (unpaired) electrons. The topological polar surface area (TPSA) is 48.5 Å². The predicted molar refractivity (Wildman–Crippen MR) is 248 cm³/mol. The molecule has 0 saturated heterocycles. The molecule has 60 heavy (non-hydrogen) atoms. The third kappa shape index (κ3) is 5.44. The Morgan fingerprint density at radius 1 is 0.300 bits per heavy atom. The third-order valence-electron chi connectivity index (χ3n) is 11.7. The maximum atomic E-state index is 5.00. The summed E-state index contributed by atoms with van der Waals surface area (Å²) >= 11 is 0. The van der Waals surface area contributed by atoms with Gasteiger partial charge in [-0.3, -0.25) is 0 Å². The van der Waals surface area contributed by atoms with Gasteiger partial charge in [0.2, 0.25) is 0 Å². The highest BCUT2D eigenvalue weighted by Gasteiger charge is 2.23. The smallest absolute Gasteiger partial charge is 0.164 e. The molecule has 0 bridgehead atoms. The molecule has 5 nitrogen and oxygen atoms in total. The molecule has 0 spiro atoms. The quantitative estimate of drug-likeness (QED) is 0.169. The van der Waals surface area contributed by atoms with Crippen LogP contribution < -0.4 is 0 Å². The van der Waals surface area contributed by atoms with Crippen molar-refractivity contribution in [1.82, 2.24) is 24.1 Å². The average molecular weight is 766 g/mol. The van der Waals surface area contributed by atoms with Crippen LogP contribution in [0.1, 0.15) is 0 Å². The van der Waals surface area contributed by atoms with Gasteiger partial charge in [0.25, 0.3) is 0 Å². The molecule has 12 aromatic rings. The molecule has 0 aliphatic rings. The summed E-state index contributed by atoms with van der Waals surface area (Å²) in [5, 5.41) is 7.38. The molecule has 3 heterocycles. The molecule has 12 rings (SSSR count). The van der Waals surface area contributed by atoms with E-state index in [2.05, 4.69) is 161 Å². The van der Waals surface area contributed by atoms with Crippen LogP contribution >= 0.6 is 0 Å². The van der Waals surface area contributed by atoms with Crippen molar-refractivity contribution >= 4 is 54.4 Å². The van der Waals surface area contributed by atoms with Crippen molar-refractivity contribution < 1.29 is 0 Å². The molecular weight excluding hydrogens is 731 g/mol. The van der Waals surface area contributed by atoms with Crippen LogP contribution in [0, 0.1) is 0 Å². The zero-order valence-corrected chi connectivity index (χ0v) is 32.4. The van der Waals surface area contributed by atoms with Gasteiger partial charge in [-0.2, -0.15) is 0 Å². The van der Waals surface area contributed by atoms with Gasteiger partial charge in [0, 0.05) is 55.2 Å². The van der Waals surface area contributed by atoms with E-state index in [1.54, 1.807) is 0 Å². The van der Waals surface area contributed by atoms with Gasteiger partial charge in [0.1, 0.15) is 0 Å². The molecule has 0 fully saturated rings. The number of para-hydroxylation sites is 2. The minimum atomic E-state index is 0.631. The van der Waals surface area contributed by atoms with Crippen molar-refractivity contribution in [2.75, 3.05) is 0 Å². The number of hydrogen-bond donors (Lipinski definition) is 0. The van der Waals surface area contributed by atoms with Gasteiger partial charge in [-0.25, -0.2) is 15.0 Å². The Balaban J connectivity index is 1.11. The summed E-state index contributed by atoms with van der Waals surface area (Å²) in [5.41, 5.74) is 12.0. The van der Waals surface area contributed by atoms with E-state index in [-0.39, 0.29) is 0 Å². The van der Waals surface area contributed by atoms with Crippen LogP contribution in [0.3, 0.4) is 0 Å². The monoisotopic (exact) mass is 765 g/mol. The summed E-state index contributed by atoms with van der Waals surface area (Å²) < 4.78 is 4.87. The highest BCUT2D eigenvalue weighted by molar-refractivity contribution is 6.28. The molecule has 0 aliphatic carbocycles. The van der Waals surface area contributed by atoms with Crippen LogP contribution in [-0.2, 0) is 0 Å². The van der Waals surface area contributed by atoms with Crippen LogP contribution in [0.4, 0.5) is 0 Å². The fourth-order valence-corrected chi connectivity index (χ4v) is 9.01. The molecule has 0 atom stereocenters. The van der Waals surface area contributed by atoms with E-state index in [9.17, 15) is 0 Å². The Morgan fingerprint density at radius 2 is 0.783 bits per heavy atom. The van der Waals surface area contributed by atoms with E-state index < -0.39 is 0 Å².